The summed E-state index contributed by atoms with van der Waals surface area (Å²) >= 11 is 0. The Morgan fingerprint density at radius 2 is 2.10 bits per heavy atom. The molecule has 110 valence electrons. The van der Waals surface area contributed by atoms with E-state index in [2.05, 4.69) is 5.32 Å². The molecule has 0 fully saturated rings. The van der Waals surface area contributed by atoms with Crippen LogP contribution in [-0.2, 0) is 16.1 Å². The lowest BCUT2D eigenvalue weighted by molar-refractivity contribution is -0.116. The Labute approximate surface area is 123 Å². The molecular formula is C16H17NO4. The SMILES string of the molecule is COCOc1ccc(/C=C/C(=O)NCc2ccco2)cc1. The van der Waals surface area contributed by atoms with Gasteiger partial charge in [0, 0.05) is 13.2 Å². The van der Waals surface area contributed by atoms with E-state index < -0.39 is 0 Å². The zero-order valence-corrected chi connectivity index (χ0v) is 11.7. The predicted octanol–water partition coefficient (Wildman–Crippen LogP) is 2.59. The summed E-state index contributed by atoms with van der Waals surface area (Å²) in [6, 6.07) is 11.0. The van der Waals surface area contributed by atoms with Crippen molar-refractivity contribution < 1.29 is 18.7 Å². The Balaban J connectivity index is 1.81. The first-order valence-electron chi connectivity index (χ1n) is 6.48. The first-order chi connectivity index (χ1) is 10.3. The smallest absolute Gasteiger partial charge is 0.244 e. The van der Waals surface area contributed by atoms with Gasteiger partial charge in [0.1, 0.15) is 11.5 Å². The Kier molecular flexibility index (Phi) is 5.60. The van der Waals surface area contributed by atoms with Crippen molar-refractivity contribution in [2.75, 3.05) is 13.9 Å². The van der Waals surface area contributed by atoms with Crippen molar-refractivity contribution in [3.05, 3.63) is 60.1 Å². The van der Waals surface area contributed by atoms with Crippen LogP contribution in [0, 0.1) is 0 Å². The van der Waals surface area contributed by atoms with Gasteiger partial charge in [-0.25, -0.2) is 0 Å². The molecule has 5 heteroatoms. The van der Waals surface area contributed by atoms with E-state index in [0.717, 1.165) is 17.1 Å². The summed E-state index contributed by atoms with van der Waals surface area (Å²) in [4.78, 5) is 11.6. The Morgan fingerprint density at radius 3 is 2.76 bits per heavy atom. The minimum absolute atomic E-state index is 0.175. The van der Waals surface area contributed by atoms with Gasteiger partial charge in [-0.2, -0.15) is 0 Å². The van der Waals surface area contributed by atoms with E-state index in [9.17, 15) is 4.79 Å². The van der Waals surface area contributed by atoms with Crippen molar-refractivity contribution in [3.63, 3.8) is 0 Å². The summed E-state index contributed by atoms with van der Waals surface area (Å²) in [7, 11) is 1.57. The van der Waals surface area contributed by atoms with Gasteiger partial charge in [0.15, 0.2) is 6.79 Å². The summed E-state index contributed by atoms with van der Waals surface area (Å²) in [6.45, 7) is 0.588. The third-order valence-corrected chi connectivity index (χ3v) is 2.67. The van der Waals surface area contributed by atoms with Crippen molar-refractivity contribution in [1.82, 2.24) is 5.32 Å². The number of rotatable bonds is 7. The predicted molar refractivity (Wildman–Crippen MR) is 78.5 cm³/mol. The van der Waals surface area contributed by atoms with Gasteiger partial charge in [-0.3, -0.25) is 4.79 Å². The molecule has 0 saturated heterocycles. The van der Waals surface area contributed by atoms with Crippen LogP contribution in [0.2, 0.25) is 0 Å². The molecule has 0 bridgehead atoms. The minimum atomic E-state index is -0.175. The molecule has 2 rings (SSSR count). The highest BCUT2D eigenvalue weighted by atomic mass is 16.7. The van der Waals surface area contributed by atoms with Gasteiger partial charge in [-0.1, -0.05) is 12.1 Å². The fourth-order valence-corrected chi connectivity index (χ4v) is 1.62. The zero-order chi connectivity index (χ0) is 14.9. The van der Waals surface area contributed by atoms with Gasteiger partial charge < -0.3 is 19.2 Å². The average molecular weight is 287 g/mol. The van der Waals surface area contributed by atoms with E-state index in [1.807, 2.05) is 30.3 Å². The second-order valence-electron chi connectivity index (χ2n) is 4.25. The second-order valence-corrected chi connectivity index (χ2v) is 4.25. The number of amides is 1. The van der Waals surface area contributed by atoms with Crippen molar-refractivity contribution >= 4 is 12.0 Å². The lowest BCUT2D eigenvalue weighted by Gasteiger charge is -2.04. The third kappa shape index (κ3) is 5.16. The summed E-state index contributed by atoms with van der Waals surface area (Å²) in [5.74, 6) is 1.26. The molecular weight excluding hydrogens is 270 g/mol. The maximum atomic E-state index is 11.6. The summed E-state index contributed by atoms with van der Waals surface area (Å²) < 4.78 is 15.2. The molecule has 1 aromatic carbocycles. The average Bonchev–Trinajstić information content (AvgIpc) is 3.03. The van der Waals surface area contributed by atoms with Gasteiger partial charge >= 0.3 is 0 Å². The van der Waals surface area contributed by atoms with E-state index in [1.54, 1.807) is 25.5 Å². The van der Waals surface area contributed by atoms with Crippen LogP contribution < -0.4 is 10.1 Å². The Morgan fingerprint density at radius 1 is 1.29 bits per heavy atom. The first-order valence-corrected chi connectivity index (χ1v) is 6.48. The molecule has 0 unspecified atom stereocenters. The van der Waals surface area contributed by atoms with Crippen LogP contribution in [0.3, 0.4) is 0 Å². The molecule has 0 radical (unpaired) electrons. The lowest BCUT2D eigenvalue weighted by Crippen LogP contribution is -2.19. The highest BCUT2D eigenvalue weighted by Crippen LogP contribution is 2.13. The minimum Gasteiger partial charge on any atom is -0.468 e. The molecule has 5 nitrogen and oxygen atoms in total. The van der Waals surface area contributed by atoms with E-state index in [0.29, 0.717) is 6.54 Å². The van der Waals surface area contributed by atoms with Crippen LogP contribution in [0.1, 0.15) is 11.3 Å². The van der Waals surface area contributed by atoms with Crippen LogP contribution in [-0.4, -0.2) is 19.8 Å². The monoisotopic (exact) mass is 287 g/mol. The number of nitrogens with one attached hydrogen (secondary N) is 1. The van der Waals surface area contributed by atoms with Crippen LogP contribution in [0.4, 0.5) is 0 Å². The number of ether oxygens (including phenoxy) is 2. The summed E-state index contributed by atoms with van der Waals surface area (Å²) in [5, 5.41) is 2.73. The molecule has 21 heavy (non-hydrogen) atoms. The van der Waals surface area contributed by atoms with E-state index in [-0.39, 0.29) is 12.7 Å². The number of carbonyl (C=O) groups excluding carboxylic acids is 1. The lowest BCUT2D eigenvalue weighted by atomic mass is 10.2. The van der Waals surface area contributed by atoms with Crippen LogP contribution in [0.25, 0.3) is 6.08 Å². The topological polar surface area (TPSA) is 60.7 Å². The van der Waals surface area contributed by atoms with E-state index in [4.69, 9.17) is 13.9 Å². The summed E-state index contributed by atoms with van der Waals surface area (Å²) in [5.41, 5.74) is 0.910. The largest absolute Gasteiger partial charge is 0.468 e. The molecule has 2 aromatic rings. The van der Waals surface area contributed by atoms with Gasteiger partial charge in [-0.05, 0) is 35.9 Å². The van der Waals surface area contributed by atoms with Gasteiger partial charge in [0.25, 0.3) is 0 Å². The molecule has 0 aliphatic heterocycles. The van der Waals surface area contributed by atoms with Crippen LogP contribution >= 0.6 is 0 Å². The fourth-order valence-electron chi connectivity index (χ4n) is 1.62. The number of hydrogen-bond acceptors (Lipinski definition) is 4. The highest BCUT2D eigenvalue weighted by molar-refractivity contribution is 5.91. The number of furan rings is 1. The Hall–Kier alpha value is -2.53. The fraction of sp³-hybridized carbons (Fsp3) is 0.188. The molecule has 0 spiro atoms. The molecule has 0 aliphatic rings. The molecule has 1 aromatic heterocycles. The third-order valence-electron chi connectivity index (χ3n) is 2.67. The Bertz CT molecular complexity index is 573. The number of hydrogen-bond donors (Lipinski definition) is 1. The number of methoxy groups -OCH3 is 1. The van der Waals surface area contributed by atoms with Gasteiger partial charge in [0.2, 0.25) is 5.91 Å². The zero-order valence-electron chi connectivity index (χ0n) is 11.7. The molecule has 0 atom stereocenters. The quantitative estimate of drug-likeness (QED) is 0.628. The first kappa shape index (κ1) is 14.9. The maximum absolute atomic E-state index is 11.6. The van der Waals surface area contributed by atoms with Gasteiger partial charge in [0.05, 0.1) is 12.8 Å². The molecule has 0 saturated carbocycles. The normalized spacial score (nSPS) is 10.7. The highest BCUT2D eigenvalue weighted by Gasteiger charge is 1.98. The molecule has 1 heterocycles. The van der Waals surface area contributed by atoms with Gasteiger partial charge in [-0.15, -0.1) is 0 Å². The number of carbonyl (C=O) groups is 1. The van der Waals surface area contributed by atoms with Crippen molar-refractivity contribution in [3.8, 4) is 5.75 Å². The standard InChI is InChI=1S/C16H17NO4/c1-19-12-21-14-7-4-13(5-8-14)6-9-16(18)17-11-15-3-2-10-20-15/h2-10H,11-12H2,1H3,(H,17,18)/b9-6+. The maximum Gasteiger partial charge on any atom is 0.244 e. The van der Waals surface area contributed by atoms with E-state index in [1.165, 1.54) is 6.08 Å². The molecule has 1 amide bonds. The van der Waals surface area contributed by atoms with Crippen LogP contribution in [0.5, 0.6) is 5.75 Å². The van der Waals surface area contributed by atoms with Crippen molar-refractivity contribution in [2.45, 2.75) is 6.54 Å². The van der Waals surface area contributed by atoms with Crippen molar-refractivity contribution in [2.24, 2.45) is 0 Å². The van der Waals surface area contributed by atoms with Crippen LogP contribution in [0.15, 0.2) is 53.2 Å². The molecule has 1 N–H and O–H groups in total. The van der Waals surface area contributed by atoms with E-state index >= 15 is 0 Å². The number of benzene rings is 1. The summed E-state index contributed by atoms with van der Waals surface area (Å²) in [6.07, 6.45) is 4.79. The second kappa shape index (κ2) is 7.91. The van der Waals surface area contributed by atoms with Crippen molar-refractivity contribution in [1.29, 1.82) is 0 Å². The molecule has 0 aliphatic carbocycles.